The van der Waals surface area contributed by atoms with Crippen LogP contribution in [0.4, 0.5) is 13.2 Å². The van der Waals surface area contributed by atoms with Gasteiger partial charge in [-0.05, 0) is 17.7 Å². The summed E-state index contributed by atoms with van der Waals surface area (Å²) < 4.78 is 36.8. The van der Waals surface area contributed by atoms with Gasteiger partial charge in [0.25, 0.3) is 0 Å². The number of allylic oxidation sites excluding steroid dienone is 2. The highest BCUT2D eigenvalue weighted by Crippen LogP contribution is 2.33. The second kappa shape index (κ2) is 4.20. The lowest BCUT2D eigenvalue weighted by Crippen LogP contribution is -2.18. The molecule has 0 rings (SSSR count). The Morgan fingerprint density at radius 3 is 1.69 bits per heavy atom. The van der Waals surface area contributed by atoms with Crippen molar-refractivity contribution in [3.05, 3.63) is 23.5 Å². The molecule has 0 spiro atoms. The van der Waals surface area contributed by atoms with Crippen molar-refractivity contribution in [2.75, 3.05) is 0 Å². The molecule has 0 aliphatic heterocycles. The van der Waals surface area contributed by atoms with Crippen molar-refractivity contribution in [3.8, 4) is 0 Å². The number of hydrogen-bond acceptors (Lipinski definition) is 2. The minimum Gasteiger partial charge on any atom is -0.404 e. The number of rotatable bonds is 2. The molecule has 2 nitrogen and oxygen atoms in total. The molecule has 0 aromatic rings. The van der Waals surface area contributed by atoms with Gasteiger partial charge in [-0.1, -0.05) is 13.8 Å². The maximum absolute atomic E-state index is 12.3. The average molecular weight is 194 g/mol. The van der Waals surface area contributed by atoms with Crippen LogP contribution in [-0.4, -0.2) is 6.18 Å². The standard InChI is InChI=1S/C8H13F3N2/c1-5(2)6(3-12)7(4-13)8(9,10)11/h3-5H,12-13H2,1-2H3/b6-3-,7-4?. The Bertz CT molecular complexity index is 226. The molecule has 0 bridgehead atoms. The molecule has 0 aliphatic rings. The highest BCUT2D eigenvalue weighted by molar-refractivity contribution is 5.34. The zero-order valence-electron chi connectivity index (χ0n) is 7.52. The normalized spacial score (nSPS) is 15.2. The minimum atomic E-state index is -4.44. The van der Waals surface area contributed by atoms with Gasteiger partial charge < -0.3 is 11.5 Å². The van der Waals surface area contributed by atoms with Crippen LogP contribution in [0.3, 0.4) is 0 Å². The van der Waals surface area contributed by atoms with Crippen molar-refractivity contribution in [2.24, 2.45) is 17.4 Å². The van der Waals surface area contributed by atoms with Crippen LogP contribution in [0.1, 0.15) is 13.8 Å². The van der Waals surface area contributed by atoms with Crippen LogP contribution in [0.2, 0.25) is 0 Å². The molecule has 0 radical (unpaired) electrons. The Balaban J connectivity index is 5.01. The fraction of sp³-hybridized carbons (Fsp3) is 0.500. The van der Waals surface area contributed by atoms with Gasteiger partial charge in [-0.2, -0.15) is 13.2 Å². The van der Waals surface area contributed by atoms with E-state index in [1.165, 1.54) is 0 Å². The zero-order valence-corrected chi connectivity index (χ0v) is 7.52. The molecule has 0 aliphatic carbocycles. The molecule has 0 aromatic heterocycles. The lowest BCUT2D eigenvalue weighted by atomic mass is 9.96. The summed E-state index contributed by atoms with van der Waals surface area (Å²) in [6.07, 6.45) is -2.96. The molecule has 0 saturated heterocycles. The molecule has 0 fully saturated rings. The van der Waals surface area contributed by atoms with Crippen LogP contribution in [0.5, 0.6) is 0 Å². The zero-order chi connectivity index (χ0) is 10.6. The number of nitrogens with two attached hydrogens (primary N) is 2. The van der Waals surface area contributed by atoms with E-state index in [0.29, 0.717) is 6.20 Å². The van der Waals surface area contributed by atoms with Gasteiger partial charge in [0, 0.05) is 6.20 Å². The van der Waals surface area contributed by atoms with Crippen molar-refractivity contribution >= 4 is 0 Å². The van der Waals surface area contributed by atoms with E-state index in [0.717, 1.165) is 6.20 Å². The average Bonchev–Trinajstić information content (AvgIpc) is 1.96. The Hall–Kier alpha value is -1.13. The monoisotopic (exact) mass is 194 g/mol. The van der Waals surface area contributed by atoms with E-state index in [9.17, 15) is 13.2 Å². The highest BCUT2D eigenvalue weighted by Gasteiger charge is 2.36. The van der Waals surface area contributed by atoms with Crippen LogP contribution in [0, 0.1) is 5.92 Å². The molecule has 76 valence electrons. The van der Waals surface area contributed by atoms with Crippen molar-refractivity contribution in [1.29, 1.82) is 0 Å². The third-order valence-corrected chi connectivity index (χ3v) is 1.58. The smallest absolute Gasteiger partial charge is 0.404 e. The van der Waals surface area contributed by atoms with Crippen molar-refractivity contribution < 1.29 is 13.2 Å². The van der Waals surface area contributed by atoms with Gasteiger partial charge in [0.05, 0.1) is 5.57 Å². The summed E-state index contributed by atoms with van der Waals surface area (Å²) in [6.45, 7) is 3.24. The van der Waals surface area contributed by atoms with Crippen LogP contribution in [-0.2, 0) is 0 Å². The van der Waals surface area contributed by atoms with Gasteiger partial charge in [0.15, 0.2) is 0 Å². The van der Waals surface area contributed by atoms with E-state index in [4.69, 9.17) is 11.5 Å². The van der Waals surface area contributed by atoms with Gasteiger partial charge in [0.2, 0.25) is 0 Å². The third-order valence-electron chi connectivity index (χ3n) is 1.58. The molecule has 0 amide bonds. The Labute approximate surface area is 75.1 Å². The van der Waals surface area contributed by atoms with Crippen molar-refractivity contribution in [2.45, 2.75) is 20.0 Å². The molecular weight excluding hydrogens is 181 g/mol. The molecule has 0 aromatic carbocycles. The minimum absolute atomic E-state index is 0.00926. The van der Waals surface area contributed by atoms with Gasteiger partial charge in [-0.15, -0.1) is 0 Å². The lowest BCUT2D eigenvalue weighted by Gasteiger charge is -2.16. The van der Waals surface area contributed by atoms with Crippen LogP contribution < -0.4 is 11.5 Å². The third kappa shape index (κ3) is 3.01. The molecule has 0 atom stereocenters. The van der Waals surface area contributed by atoms with Crippen LogP contribution in [0.25, 0.3) is 0 Å². The summed E-state index contributed by atoms with van der Waals surface area (Å²) in [4.78, 5) is 0. The molecule has 13 heavy (non-hydrogen) atoms. The summed E-state index contributed by atoms with van der Waals surface area (Å²) >= 11 is 0. The molecule has 0 saturated carbocycles. The van der Waals surface area contributed by atoms with E-state index < -0.39 is 11.7 Å². The number of hydrogen-bond donors (Lipinski definition) is 2. The van der Waals surface area contributed by atoms with E-state index in [2.05, 4.69) is 0 Å². The van der Waals surface area contributed by atoms with Gasteiger partial charge in [0.1, 0.15) is 0 Å². The first-order valence-electron chi connectivity index (χ1n) is 3.75. The van der Waals surface area contributed by atoms with Gasteiger partial charge in [-0.3, -0.25) is 0 Å². The van der Waals surface area contributed by atoms with Crippen LogP contribution in [0.15, 0.2) is 23.5 Å². The van der Waals surface area contributed by atoms with Gasteiger partial charge in [-0.25, -0.2) is 0 Å². The fourth-order valence-corrected chi connectivity index (χ4v) is 0.948. The summed E-state index contributed by atoms with van der Waals surface area (Å²) in [7, 11) is 0. The highest BCUT2D eigenvalue weighted by atomic mass is 19.4. The second-order valence-corrected chi connectivity index (χ2v) is 2.85. The Morgan fingerprint density at radius 1 is 1.15 bits per heavy atom. The maximum Gasteiger partial charge on any atom is 0.418 e. The van der Waals surface area contributed by atoms with Gasteiger partial charge >= 0.3 is 6.18 Å². The molecule has 0 unspecified atom stereocenters. The summed E-state index contributed by atoms with van der Waals surface area (Å²) in [5, 5.41) is 0. The first-order valence-corrected chi connectivity index (χ1v) is 3.75. The number of halogens is 3. The molecule has 0 heterocycles. The molecule has 5 heteroatoms. The van der Waals surface area contributed by atoms with E-state index in [1.54, 1.807) is 13.8 Å². The van der Waals surface area contributed by atoms with Crippen molar-refractivity contribution in [3.63, 3.8) is 0 Å². The topological polar surface area (TPSA) is 52.0 Å². The van der Waals surface area contributed by atoms with E-state index >= 15 is 0 Å². The molecular formula is C8H13F3N2. The Morgan fingerprint density at radius 2 is 1.62 bits per heavy atom. The quantitative estimate of drug-likeness (QED) is 0.659. The largest absolute Gasteiger partial charge is 0.418 e. The predicted octanol–water partition coefficient (Wildman–Crippen LogP) is 1.89. The summed E-state index contributed by atoms with van der Waals surface area (Å²) in [5.74, 6) is -0.304. The predicted molar refractivity (Wildman–Crippen MR) is 45.4 cm³/mol. The summed E-state index contributed by atoms with van der Waals surface area (Å²) in [6, 6.07) is 0. The van der Waals surface area contributed by atoms with Crippen molar-refractivity contribution in [1.82, 2.24) is 0 Å². The van der Waals surface area contributed by atoms with E-state index in [1.807, 2.05) is 0 Å². The fourth-order valence-electron chi connectivity index (χ4n) is 0.948. The van der Waals surface area contributed by atoms with Crippen LogP contribution >= 0.6 is 0 Å². The first kappa shape index (κ1) is 11.9. The van der Waals surface area contributed by atoms with E-state index in [-0.39, 0.29) is 11.5 Å². The molecule has 4 N–H and O–H groups in total. The summed E-state index contributed by atoms with van der Waals surface area (Å²) in [5.41, 5.74) is 9.12. The lowest BCUT2D eigenvalue weighted by molar-refractivity contribution is -0.0902. The SMILES string of the molecule is CC(C)/C(=C/N)C(=CN)C(F)(F)F. The Kier molecular flexibility index (Phi) is 3.84. The second-order valence-electron chi connectivity index (χ2n) is 2.85. The first-order chi connectivity index (χ1) is 5.84. The maximum atomic E-state index is 12.3. The number of alkyl halides is 3.